The number of nitrogens with two attached hydrogens (primary N) is 1. The van der Waals surface area contributed by atoms with Gasteiger partial charge in [-0.25, -0.2) is 0 Å². The number of hydrogen-bond acceptors (Lipinski definition) is 3. The van der Waals surface area contributed by atoms with Crippen LogP contribution in [0.3, 0.4) is 0 Å². The topological polar surface area (TPSA) is 55.6 Å². The molecule has 0 bridgehead atoms. The average Bonchev–Trinajstić information content (AvgIpc) is 2.44. The Balaban J connectivity index is 0.00000200. The number of likely N-dealkylation sites (tertiary alicyclic amines) is 1. The van der Waals surface area contributed by atoms with Gasteiger partial charge >= 0.3 is 0 Å². The zero-order chi connectivity index (χ0) is 13.7. The van der Waals surface area contributed by atoms with Crippen LogP contribution in [-0.2, 0) is 9.53 Å². The van der Waals surface area contributed by atoms with Crippen molar-refractivity contribution in [1.82, 2.24) is 4.90 Å². The monoisotopic (exact) mass is 304 g/mol. The lowest BCUT2D eigenvalue weighted by molar-refractivity contribution is -0.139. The third-order valence-electron chi connectivity index (χ3n) is 4.45. The Labute approximate surface area is 128 Å². The lowest BCUT2D eigenvalue weighted by atomic mass is 9.84. The Hall–Kier alpha value is -0.320. The predicted molar refractivity (Wildman–Crippen MR) is 83.0 cm³/mol. The highest BCUT2D eigenvalue weighted by Gasteiger charge is 2.31. The fraction of sp³-hybridized carbons (Fsp3) is 0.933. The average molecular weight is 305 g/mol. The predicted octanol–water partition coefficient (Wildman–Crippen LogP) is 2.20. The van der Waals surface area contributed by atoms with Gasteiger partial charge in [-0.1, -0.05) is 6.42 Å². The van der Waals surface area contributed by atoms with Crippen LogP contribution in [0.1, 0.15) is 45.4 Å². The third-order valence-corrected chi connectivity index (χ3v) is 4.45. The van der Waals surface area contributed by atoms with Crippen molar-refractivity contribution in [3.8, 4) is 0 Å². The first-order valence-electron chi connectivity index (χ1n) is 7.82. The van der Waals surface area contributed by atoms with E-state index in [4.69, 9.17) is 10.5 Å². The SMILES string of the molecule is CCOCC1CCCN(C(=O)C2CCCC(N)C2)C1.Cl. The zero-order valence-electron chi connectivity index (χ0n) is 12.6. The maximum absolute atomic E-state index is 12.5. The fourth-order valence-corrected chi connectivity index (χ4v) is 3.40. The van der Waals surface area contributed by atoms with Crippen molar-refractivity contribution in [2.75, 3.05) is 26.3 Å². The second kappa shape index (κ2) is 8.85. The molecule has 3 atom stereocenters. The van der Waals surface area contributed by atoms with Crippen LogP contribution in [0.2, 0.25) is 0 Å². The summed E-state index contributed by atoms with van der Waals surface area (Å²) in [5.74, 6) is 1.04. The Bertz CT molecular complexity index is 302. The first-order chi connectivity index (χ1) is 9.20. The van der Waals surface area contributed by atoms with Crippen LogP contribution < -0.4 is 5.73 Å². The van der Waals surface area contributed by atoms with E-state index in [-0.39, 0.29) is 24.4 Å². The van der Waals surface area contributed by atoms with Gasteiger partial charge in [0, 0.05) is 31.7 Å². The van der Waals surface area contributed by atoms with Crippen molar-refractivity contribution in [2.45, 2.75) is 51.5 Å². The molecule has 0 spiro atoms. The summed E-state index contributed by atoms with van der Waals surface area (Å²) in [6, 6.07) is 0.228. The largest absolute Gasteiger partial charge is 0.381 e. The Kier molecular flexibility index (Phi) is 7.85. The molecule has 5 heteroatoms. The molecule has 2 rings (SSSR count). The van der Waals surface area contributed by atoms with E-state index < -0.39 is 0 Å². The first-order valence-corrected chi connectivity index (χ1v) is 7.82. The Morgan fingerprint density at radius 2 is 2.10 bits per heavy atom. The number of carbonyl (C=O) groups is 1. The number of hydrogen-bond donors (Lipinski definition) is 1. The van der Waals surface area contributed by atoms with Gasteiger partial charge < -0.3 is 15.4 Å². The molecular weight excluding hydrogens is 276 g/mol. The minimum absolute atomic E-state index is 0. The van der Waals surface area contributed by atoms with E-state index >= 15 is 0 Å². The van der Waals surface area contributed by atoms with Gasteiger partial charge in [0.25, 0.3) is 0 Å². The van der Waals surface area contributed by atoms with E-state index in [1.165, 1.54) is 6.42 Å². The fourth-order valence-electron chi connectivity index (χ4n) is 3.40. The molecule has 1 aliphatic heterocycles. The summed E-state index contributed by atoms with van der Waals surface area (Å²) < 4.78 is 5.51. The van der Waals surface area contributed by atoms with Gasteiger partial charge in [-0.3, -0.25) is 4.79 Å². The molecule has 0 aromatic carbocycles. The van der Waals surface area contributed by atoms with Gasteiger partial charge in [0.1, 0.15) is 0 Å². The zero-order valence-corrected chi connectivity index (χ0v) is 13.4. The van der Waals surface area contributed by atoms with Crippen molar-refractivity contribution >= 4 is 18.3 Å². The van der Waals surface area contributed by atoms with Gasteiger partial charge in [-0.05, 0) is 44.9 Å². The molecule has 0 aromatic rings. The van der Waals surface area contributed by atoms with Crippen molar-refractivity contribution in [2.24, 2.45) is 17.6 Å². The van der Waals surface area contributed by atoms with Gasteiger partial charge in [0.15, 0.2) is 0 Å². The molecule has 1 heterocycles. The van der Waals surface area contributed by atoms with Crippen LogP contribution in [0.5, 0.6) is 0 Å². The van der Waals surface area contributed by atoms with Crippen molar-refractivity contribution < 1.29 is 9.53 Å². The number of rotatable bonds is 4. The van der Waals surface area contributed by atoms with Gasteiger partial charge in [0.05, 0.1) is 6.61 Å². The molecule has 2 N–H and O–H groups in total. The molecule has 20 heavy (non-hydrogen) atoms. The summed E-state index contributed by atoms with van der Waals surface area (Å²) in [7, 11) is 0. The molecule has 3 unspecified atom stereocenters. The molecule has 1 saturated heterocycles. The number of ether oxygens (including phenoxy) is 1. The minimum Gasteiger partial charge on any atom is -0.381 e. The van der Waals surface area contributed by atoms with E-state index in [1.807, 2.05) is 6.92 Å². The molecule has 1 saturated carbocycles. The molecule has 0 aromatic heterocycles. The van der Waals surface area contributed by atoms with Crippen molar-refractivity contribution in [3.63, 3.8) is 0 Å². The quantitative estimate of drug-likeness (QED) is 0.866. The summed E-state index contributed by atoms with van der Waals surface area (Å²) in [6.45, 7) is 5.39. The highest BCUT2D eigenvalue weighted by molar-refractivity contribution is 5.85. The summed E-state index contributed by atoms with van der Waals surface area (Å²) >= 11 is 0. The summed E-state index contributed by atoms with van der Waals surface area (Å²) in [6.07, 6.45) is 6.39. The minimum atomic E-state index is 0. The first kappa shape index (κ1) is 17.7. The van der Waals surface area contributed by atoms with Gasteiger partial charge in [-0.15, -0.1) is 12.4 Å². The maximum atomic E-state index is 12.5. The molecule has 2 aliphatic rings. The highest BCUT2D eigenvalue weighted by Crippen LogP contribution is 2.27. The number of amides is 1. The van der Waals surface area contributed by atoms with Crippen molar-refractivity contribution in [1.29, 1.82) is 0 Å². The maximum Gasteiger partial charge on any atom is 0.225 e. The van der Waals surface area contributed by atoms with E-state index in [9.17, 15) is 4.79 Å². The van der Waals surface area contributed by atoms with E-state index in [2.05, 4.69) is 4.90 Å². The molecule has 2 fully saturated rings. The molecule has 0 radical (unpaired) electrons. The lowest BCUT2D eigenvalue weighted by Gasteiger charge is -2.36. The van der Waals surface area contributed by atoms with Crippen molar-refractivity contribution in [3.05, 3.63) is 0 Å². The second-order valence-corrected chi connectivity index (χ2v) is 6.08. The molecular formula is C15H29ClN2O2. The highest BCUT2D eigenvalue weighted by atomic mass is 35.5. The number of nitrogens with zero attached hydrogens (tertiary/aromatic N) is 1. The van der Waals surface area contributed by atoms with Gasteiger partial charge in [-0.2, -0.15) is 0 Å². The van der Waals surface area contributed by atoms with E-state index in [0.29, 0.717) is 11.8 Å². The Morgan fingerprint density at radius 3 is 2.80 bits per heavy atom. The second-order valence-electron chi connectivity index (χ2n) is 6.08. The van der Waals surface area contributed by atoms with Gasteiger partial charge in [0.2, 0.25) is 5.91 Å². The van der Waals surface area contributed by atoms with Crippen LogP contribution in [0.15, 0.2) is 0 Å². The Morgan fingerprint density at radius 1 is 1.30 bits per heavy atom. The molecule has 4 nitrogen and oxygen atoms in total. The molecule has 1 amide bonds. The third kappa shape index (κ3) is 4.90. The number of carbonyl (C=O) groups excluding carboxylic acids is 1. The van der Waals surface area contributed by atoms with Crippen LogP contribution in [0.4, 0.5) is 0 Å². The smallest absolute Gasteiger partial charge is 0.225 e. The van der Waals surface area contributed by atoms with Crippen LogP contribution in [0, 0.1) is 11.8 Å². The molecule has 118 valence electrons. The summed E-state index contributed by atoms with van der Waals surface area (Å²) in [5, 5.41) is 0. The van der Waals surface area contributed by atoms with Crippen LogP contribution >= 0.6 is 12.4 Å². The summed E-state index contributed by atoms with van der Waals surface area (Å²) in [4.78, 5) is 14.6. The number of halogens is 1. The molecule has 1 aliphatic carbocycles. The number of piperidine rings is 1. The summed E-state index contributed by atoms with van der Waals surface area (Å²) in [5.41, 5.74) is 5.99. The van der Waals surface area contributed by atoms with E-state index in [1.54, 1.807) is 0 Å². The van der Waals surface area contributed by atoms with Crippen LogP contribution in [-0.4, -0.2) is 43.2 Å². The van der Waals surface area contributed by atoms with E-state index in [0.717, 1.165) is 58.4 Å². The lowest BCUT2D eigenvalue weighted by Crippen LogP contribution is -2.46. The van der Waals surface area contributed by atoms with Crippen LogP contribution in [0.25, 0.3) is 0 Å². The normalized spacial score (nSPS) is 30.7. The standard InChI is InChI=1S/C15H28N2O2.ClH/c1-2-19-11-12-5-4-8-17(10-12)15(18)13-6-3-7-14(16)9-13;/h12-14H,2-11,16H2,1H3;1H.